The fourth-order valence-electron chi connectivity index (χ4n) is 4.06. The molecule has 1 aliphatic rings. The standard InChI is InChI=1S/C27H25NO6/c1-4-34-22-15-18(13-14-21(22)33-3)24-23(25(29)17-9-6-5-7-10-17)26(30)27(31)28(24)19-11-8-12-20(16-19)32-2/h5-16,24,29H,4H2,1-3H3/b25-23-. The minimum atomic E-state index is -0.891. The second kappa shape index (κ2) is 9.70. The van der Waals surface area contributed by atoms with Gasteiger partial charge in [0.1, 0.15) is 11.5 Å². The Bertz CT molecular complexity index is 1250. The summed E-state index contributed by atoms with van der Waals surface area (Å²) in [6.45, 7) is 2.25. The number of Topliss-reactive ketones (excluding diaryl/α,β-unsaturated/α-hetero) is 1. The Morgan fingerprint density at radius 3 is 2.35 bits per heavy atom. The largest absolute Gasteiger partial charge is 0.507 e. The van der Waals surface area contributed by atoms with Gasteiger partial charge >= 0.3 is 0 Å². The number of nitrogens with zero attached hydrogens (tertiary/aromatic N) is 1. The van der Waals surface area contributed by atoms with Crippen LogP contribution in [0.25, 0.3) is 5.76 Å². The molecule has 0 aliphatic carbocycles. The first-order valence-corrected chi connectivity index (χ1v) is 10.8. The molecule has 0 spiro atoms. The summed E-state index contributed by atoms with van der Waals surface area (Å²) in [5, 5.41) is 11.2. The van der Waals surface area contributed by atoms with Crippen LogP contribution in [0.3, 0.4) is 0 Å². The van der Waals surface area contributed by atoms with Crippen molar-refractivity contribution < 1.29 is 28.9 Å². The summed E-state index contributed by atoms with van der Waals surface area (Å²) in [6, 6.07) is 19.9. The SMILES string of the molecule is CCOc1cc(C2/C(=C(/O)c3ccccc3)C(=O)C(=O)N2c2cccc(OC)c2)ccc1OC. The van der Waals surface area contributed by atoms with E-state index in [4.69, 9.17) is 14.2 Å². The number of anilines is 1. The summed E-state index contributed by atoms with van der Waals surface area (Å²) in [4.78, 5) is 28.0. The topological polar surface area (TPSA) is 85.3 Å². The molecule has 174 valence electrons. The number of aliphatic hydroxyl groups is 1. The highest BCUT2D eigenvalue weighted by Crippen LogP contribution is 2.44. The van der Waals surface area contributed by atoms with E-state index < -0.39 is 17.7 Å². The molecular formula is C27H25NO6. The Hall–Kier alpha value is -4.26. The molecule has 1 heterocycles. The average molecular weight is 459 g/mol. The highest BCUT2D eigenvalue weighted by atomic mass is 16.5. The minimum Gasteiger partial charge on any atom is -0.507 e. The van der Waals surface area contributed by atoms with Gasteiger partial charge < -0.3 is 19.3 Å². The number of hydrogen-bond donors (Lipinski definition) is 1. The van der Waals surface area contributed by atoms with Crippen molar-refractivity contribution >= 4 is 23.1 Å². The van der Waals surface area contributed by atoms with E-state index in [9.17, 15) is 14.7 Å². The van der Waals surface area contributed by atoms with Crippen molar-refractivity contribution in [1.82, 2.24) is 0 Å². The van der Waals surface area contributed by atoms with Crippen molar-refractivity contribution in [1.29, 1.82) is 0 Å². The predicted molar refractivity (Wildman–Crippen MR) is 128 cm³/mol. The van der Waals surface area contributed by atoms with E-state index in [-0.39, 0.29) is 11.3 Å². The smallest absolute Gasteiger partial charge is 0.300 e. The van der Waals surface area contributed by atoms with Crippen molar-refractivity contribution in [2.75, 3.05) is 25.7 Å². The molecular weight excluding hydrogens is 434 g/mol. The molecule has 7 heteroatoms. The van der Waals surface area contributed by atoms with Crippen LogP contribution < -0.4 is 19.1 Å². The highest BCUT2D eigenvalue weighted by Gasteiger charge is 2.47. The lowest BCUT2D eigenvalue weighted by atomic mass is 9.94. The number of ether oxygens (including phenoxy) is 3. The van der Waals surface area contributed by atoms with E-state index in [1.165, 1.54) is 19.1 Å². The van der Waals surface area contributed by atoms with Crippen LogP contribution >= 0.6 is 0 Å². The van der Waals surface area contributed by atoms with Gasteiger partial charge in [-0.15, -0.1) is 0 Å². The monoisotopic (exact) mass is 459 g/mol. The maximum Gasteiger partial charge on any atom is 0.300 e. The lowest BCUT2D eigenvalue weighted by Gasteiger charge is -2.26. The first-order chi connectivity index (χ1) is 16.5. The lowest BCUT2D eigenvalue weighted by molar-refractivity contribution is -0.132. The van der Waals surface area contributed by atoms with Crippen LogP contribution in [-0.2, 0) is 9.59 Å². The third-order valence-corrected chi connectivity index (χ3v) is 5.63. The molecule has 7 nitrogen and oxygen atoms in total. The van der Waals surface area contributed by atoms with Gasteiger partial charge in [-0.1, -0.05) is 42.5 Å². The fourth-order valence-corrected chi connectivity index (χ4v) is 4.06. The predicted octanol–water partition coefficient (Wildman–Crippen LogP) is 4.73. The molecule has 0 radical (unpaired) electrons. The molecule has 1 aliphatic heterocycles. The van der Waals surface area contributed by atoms with Gasteiger partial charge in [0, 0.05) is 17.3 Å². The van der Waals surface area contributed by atoms with Gasteiger partial charge in [-0.2, -0.15) is 0 Å². The van der Waals surface area contributed by atoms with E-state index in [1.54, 1.807) is 72.8 Å². The van der Waals surface area contributed by atoms with Crippen LogP contribution in [0, 0.1) is 0 Å². The molecule has 4 rings (SSSR count). The number of aliphatic hydroxyl groups excluding tert-OH is 1. The normalized spacial score (nSPS) is 17.0. The zero-order valence-electron chi connectivity index (χ0n) is 19.1. The number of rotatable bonds is 7. The zero-order valence-corrected chi connectivity index (χ0v) is 19.1. The van der Waals surface area contributed by atoms with E-state index in [0.29, 0.717) is 40.7 Å². The Morgan fingerprint density at radius 1 is 0.912 bits per heavy atom. The van der Waals surface area contributed by atoms with Crippen molar-refractivity contribution in [2.45, 2.75) is 13.0 Å². The van der Waals surface area contributed by atoms with Gasteiger partial charge in [0.25, 0.3) is 11.7 Å². The summed E-state index contributed by atoms with van der Waals surface area (Å²) < 4.78 is 16.4. The summed E-state index contributed by atoms with van der Waals surface area (Å²) in [6.07, 6.45) is 0. The maximum atomic E-state index is 13.3. The third kappa shape index (κ3) is 4.08. The molecule has 1 saturated heterocycles. The van der Waals surface area contributed by atoms with Crippen molar-refractivity contribution in [2.24, 2.45) is 0 Å². The van der Waals surface area contributed by atoms with Crippen molar-refractivity contribution in [3.8, 4) is 17.2 Å². The molecule has 1 N–H and O–H groups in total. The van der Waals surface area contributed by atoms with Crippen molar-refractivity contribution in [3.63, 3.8) is 0 Å². The van der Waals surface area contributed by atoms with Gasteiger partial charge in [-0.3, -0.25) is 14.5 Å². The summed E-state index contributed by atoms with van der Waals surface area (Å²) in [5.74, 6) is -0.244. The highest BCUT2D eigenvalue weighted by molar-refractivity contribution is 6.51. The molecule has 1 amide bonds. The number of amides is 1. The molecule has 0 bridgehead atoms. The van der Waals surface area contributed by atoms with E-state index in [2.05, 4.69) is 0 Å². The number of carbonyl (C=O) groups is 2. The zero-order chi connectivity index (χ0) is 24.2. The molecule has 0 aromatic heterocycles. The minimum absolute atomic E-state index is 0.00775. The molecule has 0 saturated carbocycles. The molecule has 1 fully saturated rings. The maximum absolute atomic E-state index is 13.3. The van der Waals surface area contributed by atoms with Crippen LogP contribution in [0.5, 0.6) is 17.2 Å². The number of methoxy groups -OCH3 is 2. The number of ketones is 1. The summed E-state index contributed by atoms with van der Waals surface area (Å²) in [5.41, 5.74) is 1.48. The number of benzene rings is 3. The number of carbonyl (C=O) groups excluding carboxylic acids is 2. The van der Waals surface area contributed by atoms with Crippen LogP contribution in [0.15, 0.2) is 78.4 Å². The van der Waals surface area contributed by atoms with E-state index >= 15 is 0 Å². The molecule has 1 atom stereocenters. The van der Waals surface area contributed by atoms with E-state index in [1.807, 2.05) is 6.92 Å². The van der Waals surface area contributed by atoms with Gasteiger partial charge in [-0.05, 0) is 36.8 Å². The molecule has 34 heavy (non-hydrogen) atoms. The first-order valence-electron chi connectivity index (χ1n) is 10.8. The van der Waals surface area contributed by atoms with Crippen LogP contribution in [0.4, 0.5) is 5.69 Å². The Kier molecular flexibility index (Phi) is 6.54. The van der Waals surface area contributed by atoms with Gasteiger partial charge in [0.2, 0.25) is 0 Å². The van der Waals surface area contributed by atoms with Crippen molar-refractivity contribution in [3.05, 3.63) is 89.5 Å². The second-order valence-electron chi connectivity index (χ2n) is 7.58. The Balaban J connectivity index is 1.96. The number of hydrogen-bond acceptors (Lipinski definition) is 6. The molecule has 3 aromatic carbocycles. The Labute approximate surface area is 197 Å². The first kappa shape index (κ1) is 22.9. The van der Waals surface area contributed by atoms with Gasteiger partial charge in [0.15, 0.2) is 11.5 Å². The summed E-state index contributed by atoms with van der Waals surface area (Å²) >= 11 is 0. The quantitative estimate of drug-likeness (QED) is 0.312. The lowest BCUT2D eigenvalue weighted by Crippen LogP contribution is -2.29. The average Bonchev–Trinajstić information content (AvgIpc) is 3.14. The second-order valence-corrected chi connectivity index (χ2v) is 7.58. The molecule has 3 aromatic rings. The van der Waals surface area contributed by atoms with Gasteiger partial charge in [-0.25, -0.2) is 0 Å². The Morgan fingerprint density at radius 2 is 1.68 bits per heavy atom. The summed E-state index contributed by atoms with van der Waals surface area (Å²) in [7, 11) is 3.06. The van der Waals surface area contributed by atoms with Crippen LogP contribution in [0.2, 0.25) is 0 Å². The fraction of sp³-hybridized carbons (Fsp3) is 0.185. The van der Waals surface area contributed by atoms with E-state index in [0.717, 1.165) is 0 Å². The third-order valence-electron chi connectivity index (χ3n) is 5.63. The van der Waals surface area contributed by atoms with Crippen LogP contribution in [0.1, 0.15) is 24.1 Å². The molecule has 1 unspecified atom stereocenters. The van der Waals surface area contributed by atoms with Gasteiger partial charge in [0.05, 0.1) is 32.4 Å². The van der Waals surface area contributed by atoms with Crippen LogP contribution in [-0.4, -0.2) is 37.6 Å².